The first-order valence-corrected chi connectivity index (χ1v) is 9.68. The van der Waals surface area contributed by atoms with Crippen LogP contribution in [0.2, 0.25) is 0 Å². The second-order valence-corrected chi connectivity index (χ2v) is 7.72. The third-order valence-electron chi connectivity index (χ3n) is 6.49. The molecule has 27 heavy (non-hydrogen) atoms. The number of aromatic nitrogens is 1. The van der Waals surface area contributed by atoms with E-state index < -0.39 is 0 Å². The standard InChI is InChI=1S/C21H26N2O4/c1-3-27-17-12-16(24)21(17)8-10-23(11-9-21)20(26)18-13(2)14-6-4-5-7-15(14)22-19(18)25/h4-7,16-17,24H,3,8-12H2,1-2H3,(H,22,25)/t16-,17-/m1/s1. The van der Waals surface area contributed by atoms with Crippen LogP contribution in [0, 0.1) is 12.3 Å². The summed E-state index contributed by atoms with van der Waals surface area (Å²) in [5.41, 5.74) is 1.10. The number of aryl methyl sites for hydroxylation is 1. The number of aromatic amines is 1. The SMILES string of the molecule is CCO[C@@H]1C[C@@H](O)C12CCN(C(=O)c1c(C)c3ccccc3[nH]c1=O)CC2. The molecule has 1 aliphatic heterocycles. The Morgan fingerprint density at radius 1 is 1.33 bits per heavy atom. The molecule has 2 N–H and O–H groups in total. The van der Waals surface area contributed by atoms with Crippen molar-refractivity contribution in [1.29, 1.82) is 0 Å². The van der Waals surface area contributed by atoms with Crippen molar-refractivity contribution in [3.8, 4) is 0 Å². The van der Waals surface area contributed by atoms with Crippen LogP contribution in [0.4, 0.5) is 0 Å². The number of benzene rings is 1. The summed E-state index contributed by atoms with van der Waals surface area (Å²) in [5.74, 6) is -0.226. The van der Waals surface area contributed by atoms with Gasteiger partial charge in [0.25, 0.3) is 11.5 Å². The van der Waals surface area contributed by atoms with E-state index in [1.165, 1.54) is 0 Å². The predicted molar refractivity (Wildman–Crippen MR) is 103 cm³/mol. The summed E-state index contributed by atoms with van der Waals surface area (Å²) in [6, 6.07) is 7.52. The van der Waals surface area contributed by atoms with Crippen molar-refractivity contribution < 1.29 is 14.6 Å². The van der Waals surface area contributed by atoms with Gasteiger partial charge >= 0.3 is 0 Å². The van der Waals surface area contributed by atoms with Gasteiger partial charge in [-0.3, -0.25) is 9.59 Å². The van der Waals surface area contributed by atoms with Crippen molar-refractivity contribution >= 4 is 16.8 Å². The molecule has 2 atom stereocenters. The quantitative estimate of drug-likeness (QED) is 0.868. The Labute approximate surface area is 158 Å². The maximum Gasteiger partial charge on any atom is 0.261 e. The first kappa shape index (κ1) is 18.2. The number of para-hydroxylation sites is 1. The second kappa shape index (κ2) is 6.77. The molecule has 2 heterocycles. The van der Waals surface area contributed by atoms with Crippen molar-refractivity contribution in [2.45, 2.75) is 45.3 Å². The number of nitrogens with one attached hydrogen (secondary N) is 1. The molecule has 0 radical (unpaired) electrons. The Kier molecular flexibility index (Phi) is 4.56. The topological polar surface area (TPSA) is 82.6 Å². The zero-order valence-corrected chi connectivity index (χ0v) is 15.8. The summed E-state index contributed by atoms with van der Waals surface area (Å²) < 4.78 is 5.79. The molecule has 1 saturated heterocycles. The third-order valence-corrected chi connectivity index (χ3v) is 6.49. The molecule has 1 aromatic heterocycles. The summed E-state index contributed by atoms with van der Waals surface area (Å²) in [4.78, 5) is 30.2. The minimum atomic E-state index is -0.364. The van der Waals surface area contributed by atoms with Gasteiger partial charge in [0, 0.05) is 42.4 Å². The molecular formula is C21H26N2O4. The van der Waals surface area contributed by atoms with E-state index in [2.05, 4.69) is 4.98 Å². The summed E-state index contributed by atoms with van der Waals surface area (Å²) in [5, 5.41) is 11.2. The maximum atomic E-state index is 13.1. The van der Waals surface area contributed by atoms with E-state index in [4.69, 9.17) is 4.74 Å². The molecule has 1 spiro atoms. The Morgan fingerprint density at radius 3 is 2.70 bits per heavy atom. The lowest BCUT2D eigenvalue weighted by atomic mass is 9.58. The van der Waals surface area contributed by atoms with Gasteiger partial charge in [-0.15, -0.1) is 0 Å². The number of carbonyl (C=O) groups excluding carboxylic acids is 1. The zero-order valence-electron chi connectivity index (χ0n) is 15.8. The number of H-pyrrole nitrogens is 1. The van der Waals surface area contributed by atoms with Crippen LogP contribution in [-0.2, 0) is 4.74 Å². The second-order valence-electron chi connectivity index (χ2n) is 7.72. The van der Waals surface area contributed by atoms with E-state index in [9.17, 15) is 14.7 Å². The first-order chi connectivity index (χ1) is 13.0. The first-order valence-electron chi connectivity index (χ1n) is 9.68. The molecule has 0 bridgehead atoms. The van der Waals surface area contributed by atoms with Gasteiger partial charge in [-0.2, -0.15) is 0 Å². The fourth-order valence-corrected chi connectivity index (χ4v) is 4.77. The molecule has 1 saturated carbocycles. The van der Waals surface area contributed by atoms with Crippen LogP contribution in [-0.4, -0.2) is 52.8 Å². The van der Waals surface area contributed by atoms with Crippen molar-refractivity contribution in [2.75, 3.05) is 19.7 Å². The summed E-state index contributed by atoms with van der Waals surface area (Å²) in [7, 11) is 0. The number of carbonyl (C=O) groups is 1. The van der Waals surface area contributed by atoms with Gasteiger partial charge in [0.2, 0.25) is 0 Å². The van der Waals surface area contributed by atoms with Crippen LogP contribution in [0.15, 0.2) is 29.1 Å². The van der Waals surface area contributed by atoms with Gasteiger partial charge in [-0.25, -0.2) is 0 Å². The largest absolute Gasteiger partial charge is 0.392 e. The van der Waals surface area contributed by atoms with Crippen molar-refractivity contribution in [3.63, 3.8) is 0 Å². The van der Waals surface area contributed by atoms with Crippen molar-refractivity contribution in [2.24, 2.45) is 5.41 Å². The highest BCUT2D eigenvalue weighted by molar-refractivity contribution is 5.99. The molecule has 1 aliphatic carbocycles. The summed E-state index contributed by atoms with van der Waals surface area (Å²) in [6.07, 6.45) is 1.78. The number of rotatable bonds is 3. The lowest BCUT2D eigenvalue weighted by Crippen LogP contribution is -2.62. The van der Waals surface area contributed by atoms with Gasteiger partial charge in [-0.05, 0) is 38.3 Å². The molecule has 2 aromatic rings. The fraction of sp³-hybridized carbons (Fsp3) is 0.524. The molecule has 144 valence electrons. The monoisotopic (exact) mass is 370 g/mol. The number of aliphatic hydroxyl groups is 1. The van der Waals surface area contributed by atoms with Crippen molar-refractivity contribution in [3.05, 3.63) is 45.7 Å². The Balaban J connectivity index is 1.57. The number of ether oxygens (including phenoxy) is 1. The van der Waals surface area contributed by atoms with E-state index >= 15 is 0 Å². The number of likely N-dealkylation sites (tertiary alicyclic amines) is 1. The van der Waals surface area contributed by atoms with Crippen LogP contribution >= 0.6 is 0 Å². The number of piperidine rings is 1. The van der Waals surface area contributed by atoms with E-state index in [1.54, 1.807) is 4.90 Å². The molecule has 2 fully saturated rings. The molecule has 1 amide bonds. The van der Waals surface area contributed by atoms with Crippen LogP contribution in [0.25, 0.3) is 10.9 Å². The van der Waals surface area contributed by atoms with E-state index in [1.807, 2.05) is 38.1 Å². The number of hydrogen-bond acceptors (Lipinski definition) is 4. The fourth-order valence-electron chi connectivity index (χ4n) is 4.77. The molecular weight excluding hydrogens is 344 g/mol. The van der Waals surface area contributed by atoms with Gasteiger partial charge in [-0.1, -0.05) is 18.2 Å². The smallest absolute Gasteiger partial charge is 0.261 e. The molecule has 4 rings (SSSR count). The van der Waals surface area contributed by atoms with Crippen LogP contribution < -0.4 is 5.56 Å². The Morgan fingerprint density at radius 2 is 2.04 bits per heavy atom. The molecule has 2 aliphatic rings. The highest BCUT2D eigenvalue weighted by Crippen LogP contribution is 2.51. The lowest BCUT2D eigenvalue weighted by molar-refractivity contribution is -0.207. The Hall–Kier alpha value is -2.18. The zero-order chi connectivity index (χ0) is 19.2. The average Bonchev–Trinajstić information content (AvgIpc) is 2.68. The third kappa shape index (κ3) is 2.78. The van der Waals surface area contributed by atoms with Gasteiger partial charge < -0.3 is 19.7 Å². The van der Waals surface area contributed by atoms with E-state index in [0.29, 0.717) is 39.0 Å². The molecule has 6 nitrogen and oxygen atoms in total. The number of amides is 1. The van der Waals surface area contributed by atoms with Crippen LogP contribution in [0.5, 0.6) is 0 Å². The number of pyridine rings is 1. The predicted octanol–water partition coefficient (Wildman–Crippen LogP) is 2.23. The number of fused-ring (bicyclic) bond motifs is 1. The number of hydrogen-bond donors (Lipinski definition) is 2. The lowest BCUT2D eigenvalue weighted by Gasteiger charge is -2.56. The summed E-state index contributed by atoms with van der Waals surface area (Å²) >= 11 is 0. The van der Waals surface area contributed by atoms with Crippen LogP contribution in [0.3, 0.4) is 0 Å². The summed E-state index contributed by atoms with van der Waals surface area (Å²) in [6.45, 7) is 5.49. The Bertz CT molecular complexity index is 925. The van der Waals surface area contributed by atoms with E-state index in [0.717, 1.165) is 16.5 Å². The number of nitrogens with zero attached hydrogens (tertiary/aromatic N) is 1. The van der Waals surface area contributed by atoms with Gasteiger partial charge in [0.05, 0.1) is 12.2 Å². The van der Waals surface area contributed by atoms with Crippen molar-refractivity contribution in [1.82, 2.24) is 9.88 Å². The highest BCUT2D eigenvalue weighted by Gasteiger charge is 2.56. The van der Waals surface area contributed by atoms with Gasteiger partial charge in [0.1, 0.15) is 5.56 Å². The molecule has 0 unspecified atom stereocenters. The molecule has 1 aromatic carbocycles. The minimum Gasteiger partial charge on any atom is -0.392 e. The average molecular weight is 370 g/mol. The molecule has 6 heteroatoms. The van der Waals surface area contributed by atoms with Gasteiger partial charge in [0.15, 0.2) is 0 Å². The van der Waals surface area contributed by atoms with Crippen LogP contribution in [0.1, 0.15) is 42.1 Å². The highest BCUT2D eigenvalue weighted by atomic mass is 16.5. The number of aliphatic hydroxyl groups excluding tert-OH is 1. The normalized spacial score (nSPS) is 24.2. The van der Waals surface area contributed by atoms with E-state index in [-0.39, 0.29) is 34.7 Å². The minimum absolute atomic E-state index is 0.0700. The maximum absolute atomic E-state index is 13.1.